The van der Waals surface area contributed by atoms with Gasteiger partial charge in [-0.3, -0.25) is 9.59 Å². The molecule has 0 aliphatic carbocycles. The third kappa shape index (κ3) is 5.75. The van der Waals surface area contributed by atoms with E-state index in [0.717, 1.165) is 24.4 Å². The summed E-state index contributed by atoms with van der Waals surface area (Å²) in [5.41, 5.74) is 0.405. The van der Waals surface area contributed by atoms with Crippen LogP contribution in [0.2, 0.25) is 0 Å². The van der Waals surface area contributed by atoms with Gasteiger partial charge in [0.25, 0.3) is 0 Å². The first-order valence-corrected chi connectivity index (χ1v) is 9.82. The number of likely N-dealkylation sites (N-methyl/N-ethyl adjacent to an activating group) is 1. The van der Waals surface area contributed by atoms with Gasteiger partial charge >= 0.3 is 0 Å². The lowest BCUT2D eigenvalue weighted by Gasteiger charge is -2.32. The number of alkyl halides is 2. The Labute approximate surface area is 165 Å². The van der Waals surface area contributed by atoms with Crippen LogP contribution in [-0.4, -0.2) is 52.3 Å². The molecule has 2 atom stereocenters. The van der Waals surface area contributed by atoms with Crippen LogP contribution in [0.1, 0.15) is 51.6 Å². The summed E-state index contributed by atoms with van der Waals surface area (Å²) >= 11 is 0. The second-order valence-electron chi connectivity index (χ2n) is 8.68. The van der Waals surface area contributed by atoms with E-state index in [1.54, 1.807) is 25.8 Å². The predicted octanol–water partition coefficient (Wildman–Crippen LogP) is 2.79. The highest BCUT2D eigenvalue weighted by Crippen LogP contribution is 2.28. The molecule has 0 aromatic carbocycles. The number of carbonyl (C=O) groups is 2. The van der Waals surface area contributed by atoms with E-state index in [9.17, 15) is 18.4 Å². The van der Waals surface area contributed by atoms with Gasteiger partial charge in [0.2, 0.25) is 18.2 Å². The summed E-state index contributed by atoms with van der Waals surface area (Å²) in [6.07, 6.45) is 0.775. The van der Waals surface area contributed by atoms with Crippen molar-refractivity contribution < 1.29 is 18.4 Å². The first kappa shape index (κ1) is 22.3. The van der Waals surface area contributed by atoms with Gasteiger partial charge in [0.05, 0.1) is 5.92 Å². The molecule has 1 aliphatic rings. The molecule has 0 saturated heterocycles. The third-order valence-corrected chi connectivity index (χ3v) is 5.59. The minimum Gasteiger partial charge on any atom is -0.354 e. The maximum absolute atomic E-state index is 12.9. The molecule has 6 nitrogen and oxygen atoms in total. The van der Waals surface area contributed by atoms with Crippen molar-refractivity contribution in [2.24, 2.45) is 11.3 Å². The summed E-state index contributed by atoms with van der Waals surface area (Å²) in [5.74, 6) is 0.601. The van der Waals surface area contributed by atoms with Crippen molar-refractivity contribution in [3.63, 3.8) is 0 Å². The monoisotopic (exact) mass is 398 g/mol. The largest absolute Gasteiger partial charge is 0.354 e. The number of hydrogen-bond acceptors (Lipinski definition) is 3. The third-order valence-electron chi connectivity index (χ3n) is 5.59. The van der Waals surface area contributed by atoms with E-state index in [-0.39, 0.29) is 36.6 Å². The summed E-state index contributed by atoms with van der Waals surface area (Å²) in [4.78, 5) is 31.0. The zero-order valence-corrected chi connectivity index (χ0v) is 17.5. The Morgan fingerprint density at radius 1 is 1.43 bits per heavy atom. The average Bonchev–Trinajstić information content (AvgIpc) is 2.97. The molecule has 8 heteroatoms. The van der Waals surface area contributed by atoms with Crippen LogP contribution in [0.15, 0.2) is 6.20 Å². The van der Waals surface area contributed by atoms with Crippen molar-refractivity contribution in [3.8, 4) is 0 Å². The fraction of sp³-hybridized carbons (Fsp3) is 0.750. The summed E-state index contributed by atoms with van der Waals surface area (Å²) < 4.78 is 27.3. The topological polar surface area (TPSA) is 67.2 Å². The van der Waals surface area contributed by atoms with Gasteiger partial charge < -0.3 is 14.8 Å². The lowest BCUT2D eigenvalue weighted by molar-refractivity contribution is -0.137. The van der Waals surface area contributed by atoms with E-state index in [0.29, 0.717) is 13.1 Å². The fourth-order valence-electron chi connectivity index (χ4n) is 3.69. The maximum Gasteiger partial charge on any atom is 0.239 e. The molecule has 1 aromatic heterocycles. The number of fused-ring (bicyclic) bond motifs is 1. The Balaban J connectivity index is 1.83. The van der Waals surface area contributed by atoms with Crippen molar-refractivity contribution in [1.82, 2.24) is 19.8 Å². The van der Waals surface area contributed by atoms with Crippen molar-refractivity contribution >= 4 is 11.8 Å². The SMILES string of the molecule is Cc1ncc2n1CC(C(=O)N(C)C(C)CNC(=O)CC(C)(C)CC(F)F)CC2. The number of carbonyl (C=O) groups excluding carboxylic acids is 2. The number of aryl methyl sites for hydroxylation is 2. The van der Waals surface area contributed by atoms with E-state index >= 15 is 0 Å². The molecule has 0 bridgehead atoms. The lowest BCUT2D eigenvalue weighted by atomic mass is 9.85. The normalized spacial score (nSPS) is 17.9. The quantitative estimate of drug-likeness (QED) is 0.732. The van der Waals surface area contributed by atoms with Crippen LogP contribution in [0, 0.1) is 18.3 Å². The molecule has 1 aliphatic heterocycles. The molecular weight excluding hydrogens is 366 g/mol. The van der Waals surface area contributed by atoms with Crippen LogP contribution in [-0.2, 0) is 22.6 Å². The van der Waals surface area contributed by atoms with Crippen LogP contribution in [0.5, 0.6) is 0 Å². The number of imidazole rings is 1. The summed E-state index contributed by atoms with van der Waals surface area (Å²) in [6, 6.07) is -0.181. The highest BCUT2D eigenvalue weighted by atomic mass is 19.3. The number of hydrogen-bond donors (Lipinski definition) is 1. The molecular formula is C20H32F2N4O2. The number of amides is 2. The number of nitrogens with one attached hydrogen (secondary N) is 1. The Bertz CT molecular complexity index is 702. The number of nitrogens with zero attached hydrogens (tertiary/aromatic N) is 3. The zero-order chi connectivity index (χ0) is 21.1. The molecule has 2 heterocycles. The number of aromatic nitrogens is 2. The Morgan fingerprint density at radius 2 is 2.11 bits per heavy atom. The van der Waals surface area contributed by atoms with Crippen molar-refractivity contribution in [2.45, 2.75) is 72.4 Å². The molecule has 1 aromatic rings. The second-order valence-corrected chi connectivity index (χ2v) is 8.68. The van der Waals surface area contributed by atoms with E-state index in [2.05, 4.69) is 14.9 Å². The highest BCUT2D eigenvalue weighted by Gasteiger charge is 2.30. The van der Waals surface area contributed by atoms with Crippen LogP contribution >= 0.6 is 0 Å². The smallest absolute Gasteiger partial charge is 0.239 e. The van der Waals surface area contributed by atoms with Gasteiger partial charge in [-0.05, 0) is 32.1 Å². The first-order chi connectivity index (χ1) is 13.0. The van der Waals surface area contributed by atoms with Crippen LogP contribution < -0.4 is 5.32 Å². The Kier molecular flexibility index (Phi) is 7.17. The van der Waals surface area contributed by atoms with Gasteiger partial charge in [-0.1, -0.05) is 13.8 Å². The Morgan fingerprint density at radius 3 is 2.75 bits per heavy atom. The number of halogens is 2. The molecule has 0 spiro atoms. The molecule has 1 N–H and O–H groups in total. The first-order valence-electron chi connectivity index (χ1n) is 9.82. The van der Waals surface area contributed by atoms with Crippen LogP contribution in [0.25, 0.3) is 0 Å². The van der Waals surface area contributed by atoms with Gasteiger partial charge in [0.15, 0.2) is 0 Å². The van der Waals surface area contributed by atoms with Gasteiger partial charge in [-0.2, -0.15) is 0 Å². The van der Waals surface area contributed by atoms with Crippen molar-refractivity contribution in [1.29, 1.82) is 0 Å². The van der Waals surface area contributed by atoms with Gasteiger partial charge in [0, 0.05) is 50.9 Å². The van der Waals surface area contributed by atoms with Gasteiger partial charge in [-0.15, -0.1) is 0 Å². The molecule has 2 rings (SSSR count). The zero-order valence-electron chi connectivity index (χ0n) is 17.5. The predicted molar refractivity (Wildman–Crippen MR) is 103 cm³/mol. The molecule has 2 amide bonds. The lowest BCUT2D eigenvalue weighted by Crippen LogP contribution is -2.47. The molecule has 0 saturated carbocycles. The van der Waals surface area contributed by atoms with Crippen LogP contribution in [0.3, 0.4) is 0 Å². The van der Waals surface area contributed by atoms with Gasteiger partial charge in [-0.25, -0.2) is 13.8 Å². The van der Waals surface area contributed by atoms with Crippen LogP contribution in [0.4, 0.5) is 8.78 Å². The minimum absolute atomic E-state index is 0.0348. The maximum atomic E-state index is 12.9. The molecule has 0 fully saturated rings. The Hall–Kier alpha value is -1.99. The molecule has 158 valence electrons. The van der Waals surface area contributed by atoms with E-state index in [4.69, 9.17) is 0 Å². The van der Waals surface area contributed by atoms with E-state index in [1.165, 1.54) is 0 Å². The average molecular weight is 398 g/mol. The highest BCUT2D eigenvalue weighted by molar-refractivity contribution is 5.79. The van der Waals surface area contributed by atoms with Crippen molar-refractivity contribution in [3.05, 3.63) is 17.7 Å². The minimum atomic E-state index is -2.43. The molecule has 28 heavy (non-hydrogen) atoms. The summed E-state index contributed by atoms with van der Waals surface area (Å²) in [7, 11) is 1.75. The van der Waals surface area contributed by atoms with E-state index < -0.39 is 11.8 Å². The molecule has 2 unspecified atom stereocenters. The van der Waals surface area contributed by atoms with Crippen molar-refractivity contribution in [2.75, 3.05) is 13.6 Å². The standard InChI is InChI=1S/C20H32F2N4O2/c1-13(10-24-18(27)9-20(3,4)8-17(21)22)25(5)19(28)15-6-7-16-11-23-14(2)26(16)12-15/h11,13,15,17H,6-10,12H2,1-5H3,(H,24,27). The number of rotatable bonds is 8. The fourth-order valence-corrected chi connectivity index (χ4v) is 3.69. The second kappa shape index (κ2) is 9.01. The summed E-state index contributed by atoms with van der Waals surface area (Å²) in [5, 5.41) is 2.78. The van der Waals surface area contributed by atoms with Gasteiger partial charge in [0.1, 0.15) is 5.82 Å². The van der Waals surface area contributed by atoms with E-state index in [1.807, 2.05) is 20.0 Å². The molecule has 0 radical (unpaired) electrons. The summed E-state index contributed by atoms with van der Waals surface area (Å²) in [6.45, 7) is 8.06.